The summed E-state index contributed by atoms with van der Waals surface area (Å²) >= 11 is 0. The molecule has 31 N–H and O–H groups in total. The van der Waals surface area contributed by atoms with E-state index in [4.69, 9.17) is 51.6 Å². The van der Waals surface area contributed by atoms with Gasteiger partial charge in [-0.15, -0.1) is 0 Å². The molecule has 0 fully saturated rings. The van der Waals surface area contributed by atoms with Crippen LogP contribution in [0.4, 0.5) is 0 Å². The lowest BCUT2D eigenvalue weighted by Crippen LogP contribution is -2.61. The molecule has 14 amide bonds. The first kappa shape index (κ1) is 112. The smallest absolute Gasteiger partial charge is 0.243 e. The topological polar surface area (TPSA) is 630 Å². The Morgan fingerprint density at radius 1 is 0.183 bits per heavy atom. The van der Waals surface area contributed by atoms with E-state index < -0.39 is 167 Å². The third-order valence-corrected chi connectivity index (χ3v) is 20.2. The van der Waals surface area contributed by atoms with Crippen LogP contribution in [-0.4, -0.2) is 213 Å². The number of nitrogens with two attached hydrogens (primary N) is 9. The Morgan fingerprint density at radius 3 is 0.458 bits per heavy atom. The van der Waals surface area contributed by atoms with E-state index in [2.05, 4.69) is 69.1 Å². The Bertz CT molecular complexity index is 3030. The van der Waals surface area contributed by atoms with Gasteiger partial charge in [-0.25, -0.2) is 0 Å². The van der Waals surface area contributed by atoms with Crippen LogP contribution in [0.2, 0.25) is 0 Å². The molecule has 0 saturated carbocycles. The molecule has 0 aliphatic heterocycles. The van der Waals surface area contributed by atoms with E-state index in [1.54, 1.807) is 0 Å². The van der Waals surface area contributed by atoms with Gasteiger partial charge < -0.3 is 121 Å². The summed E-state index contributed by atoms with van der Waals surface area (Å²) in [6.45, 7) is 27.9. The largest absolute Gasteiger partial charge is 0.368 e. The molecule has 0 rings (SSSR count). The van der Waals surface area contributed by atoms with E-state index in [1.165, 1.54) is 0 Å². The molecule has 0 saturated heterocycles. The zero-order chi connectivity index (χ0) is 91.1. The van der Waals surface area contributed by atoms with Gasteiger partial charge >= 0.3 is 0 Å². The first-order valence-electron chi connectivity index (χ1n) is 44.5. The third kappa shape index (κ3) is 49.4. The second-order valence-corrected chi connectivity index (χ2v) is 35.2. The Labute approximate surface area is 715 Å². The van der Waals surface area contributed by atoms with Crippen molar-refractivity contribution < 1.29 is 67.1 Å². The molecule has 120 heavy (non-hydrogen) atoms. The minimum absolute atomic E-state index is 0.00166. The predicted octanol–water partition coefficient (Wildman–Crippen LogP) is 0.327. The maximum atomic E-state index is 14.9. The minimum atomic E-state index is -1.31. The first-order valence-corrected chi connectivity index (χ1v) is 44.5. The van der Waals surface area contributed by atoms with Crippen molar-refractivity contribution in [2.24, 2.45) is 93.0 Å². The van der Waals surface area contributed by atoms with Crippen molar-refractivity contribution in [3.63, 3.8) is 0 Å². The third-order valence-electron chi connectivity index (χ3n) is 20.2. The summed E-state index contributed by atoms with van der Waals surface area (Å²) < 4.78 is 0. The molecule has 0 aromatic rings. The van der Waals surface area contributed by atoms with Crippen LogP contribution in [0.15, 0.2) is 0 Å². The van der Waals surface area contributed by atoms with Crippen LogP contribution in [0.1, 0.15) is 277 Å². The molecule has 36 heteroatoms. The molecule has 0 radical (unpaired) electrons. The molecular formula is C84H164N22O14. The van der Waals surface area contributed by atoms with Gasteiger partial charge in [0.25, 0.3) is 0 Å². The van der Waals surface area contributed by atoms with Crippen molar-refractivity contribution in [3.05, 3.63) is 0 Å². The van der Waals surface area contributed by atoms with E-state index in [-0.39, 0.29) is 151 Å². The summed E-state index contributed by atoms with van der Waals surface area (Å²) in [5, 5.41) is 36.6. The maximum absolute atomic E-state index is 14.9. The van der Waals surface area contributed by atoms with Gasteiger partial charge in [0.15, 0.2) is 0 Å². The lowest BCUT2D eigenvalue weighted by molar-refractivity contribution is -0.137. The van der Waals surface area contributed by atoms with Gasteiger partial charge in [0.05, 0.1) is 6.04 Å². The highest BCUT2D eigenvalue weighted by molar-refractivity contribution is 6.00. The summed E-state index contributed by atoms with van der Waals surface area (Å²) in [5.74, 6) is -11.0. The molecule has 0 unspecified atom stereocenters. The van der Waals surface area contributed by atoms with Crippen LogP contribution in [-0.2, 0) is 67.1 Å². The Kier molecular flexibility index (Phi) is 60.0. The monoisotopic (exact) mass is 1710 g/mol. The van der Waals surface area contributed by atoms with Gasteiger partial charge in [-0.3, -0.25) is 67.1 Å². The average Bonchev–Trinajstić information content (AvgIpc) is 0.849. The van der Waals surface area contributed by atoms with Crippen molar-refractivity contribution in [2.45, 2.75) is 361 Å². The van der Waals surface area contributed by atoms with Gasteiger partial charge in [0.2, 0.25) is 82.7 Å². The number of rotatable bonds is 69. The van der Waals surface area contributed by atoms with Gasteiger partial charge in [0.1, 0.15) is 78.5 Å². The molecule has 0 aliphatic rings. The molecular weight excluding hydrogens is 1540 g/mol. The van der Waals surface area contributed by atoms with Crippen LogP contribution in [0.25, 0.3) is 0 Å². The highest BCUT2D eigenvalue weighted by atomic mass is 16.2. The normalized spacial score (nSPS) is 15.1. The molecule has 36 nitrogen and oxygen atoms in total. The fraction of sp³-hybridized carbons (Fsp3) is 0.833. The van der Waals surface area contributed by atoms with E-state index >= 15 is 0 Å². The standard InChI is InChI=1S/C84H164N22O14/c1-50(2)43-64(71(93)107)100-75(111)61(33-19-26-40-89)99-81(117)67(46-53(7)8)106-84(120)70(49-56(13)14)103-78(114)63(35-21-28-42-91)96-74(110)60(32-18-25-39-88)98-80(116)66(45-52(5)6)105-83(119)69(48-55(11)12)102-77(113)62(34-20-27-41-90)95-73(109)59(31-17-24-38-87)97-79(115)65(44-51(3)4)104-82(118)68(47-54(9)10)101-76(112)58(30-16-23-37-86)94-72(108)57(92)29-15-22-36-85/h50-70H,15-49,85-92H2,1-14H3,(H2,93,107)(H,94,108)(H,95,109)(H,96,110)(H,97,115)(H,98,116)(H,99,117)(H,100,111)(H,101,112)(H,102,113)(H,103,114)(H,104,118)(H,105,119)(H,106,120)/t57-,58-,59-,60-,61-,62-,63-,64-,65-,66-,67-,68-,69-,70-/m0/s1. The second kappa shape index (κ2) is 64.1. The van der Waals surface area contributed by atoms with Gasteiger partial charge in [0, 0.05) is 0 Å². The number of carbonyl (C=O) groups excluding carboxylic acids is 14. The van der Waals surface area contributed by atoms with Crippen LogP contribution in [0.5, 0.6) is 0 Å². The zero-order valence-electron chi connectivity index (χ0n) is 75.3. The van der Waals surface area contributed by atoms with E-state index in [1.807, 2.05) is 96.9 Å². The van der Waals surface area contributed by atoms with E-state index in [0.717, 1.165) is 0 Å². The van der Waals surface area contributed by atoms with Crippen molar-refractivity contribution in [1.29, 1.82) is 0 Å². The summed E-state index contributed by atoms with van der Waals surface area (Å²) in [4.78, 5) is 201. The average molecular weight is 1710 g/mol. The lowest BCUT2D eigenvalue weighted by Gasteiger charge is -2.30. The SMILES string of the molecule is CC(C)C[C@H](NC(=O)[C@H](CCCCN)NC(=O)[C@H](CC(C)C)NC(=O)[C@H](CC(C)C)NC(=O)[C@H](CCCCN)NC(=O)[C@H](CCCCN)NC(=O)[C@H](CC(C)C)NC(=O)[C@H](CC(C)C)NC(=O)[C@H](CCCCN)NC(=O)[C@H](CCCCN)NC(=O)[C@H](CC(C)C)NC(=O)[C@H](CC(C)C)NC(=O)[C@H](CCCCN)NC(=O)[C@@H](N)CCCCN)C(N)=O. The molecule has 0 aliphatic carbocycles. The molecule has 14 atom stereocenters. The molecule has 0 aromatic heterocycles. The van der Waals surface area contributed by atoms with Gasteiger partial charge in [-0.2, -0.15) is 0 Å². The van der Waals surface area contributed by atoms with Gasteiger partial charge in [-0.1, -0.05) is 103 Å². The number of primary amides is 1. The van der Waals surface area contributed by atoms with Crippen LogP contribution in [0, 0.1) is 41.4 Å². The summed E-state index contributed by atoms with van der Waals surface area (Å²) in [5.41, 5.74) is 52.8. The van der Waals surface area contributed by atoms with Crippen LogP contribution in [0.3, 0.4) is 0 Å². The molecule has 0 heterocycles. The fourth-order valence-corrected chi connectivity index (χ4v) is 13.7. The number of hydrogen-bond donors (Lipinski definition) is 22. The highest BCUT2D eigenvalue weighted by Crippen LogP contribution is 2.19. The van der Waals surface area contributed by atoms with Crippen LogP contribution >= 0.6 is 0 Å². The van der Waals surface area contributed by atoms with Crippen molar-refractivity contribution in [2.75, 3.05) is 45.8 Å². The Balaban J connectivity index is 7.38. The number of amides is 14. The maximum Gasteiger partial charge on any atom is 0.243 e. The quantitative estimate of drug-likeness (QED) is 0.0365. The van der Waals surface area contributed by atoms with Crippen molar-refractivity contribution in [1.82, 2.24) is 69.1 Å². The lowest BCUT2D eigenvalue weighted by atomic mass is 9.98. The molecule has 0 aromatic carbocycles. The first-order chi connectivity index (χ1) is 56.6. The van der Waals surface area contributed by atoms with E-state index in [0.29, 0.717) is 116 Å². The van der Waals surface area contributed by atoms with Crippen molar-refractivity contribution in [3.8, 4) is 0 Å². The van der Waals surface area contributed by atoms with E-state index in [9.17, 15) is 67.1 Å². The Morgan fingerprint density at radius 2 is 0.308 bits per heavy atom. The minimum Gasteiger partial charge on any atom is -0.368 e. The number of carbonyl (C=O) groups is 14. The predicted molar refractivity (Wildman–Crippen MR) is 469 cm³/mol. The number of nitrogens with one attached hydrogen (secondary N) is 13. The fourth-order valence-electron chi connectivity index (χ4n) is 13.7. The number of unbranched alkanes of at least 4 members (excludes halogenated alkanes) is 7. The second-order valence-electron chi connectivity index (χ2n) is 35.2. The summed E-state index contributed by atoms with van der Waals surface area (Å²) in [6.07, 6.45) is 8.22. The Hall–Kier alpha value is -7.74. The summed E-state index contributed by atoms with van der Waals surface area (Å²) in [6, 6.07) is -16.7. The van der Waals surface area contributed by atoms with Crippen molar-refractivity contribution >= 4 is 82.7 Å². The van der Waals surface area contributed by atoms with Crippen LogP contribution < -0.4 is 121 Å². The zero-order valence-corrected chi connectivity index (χ0v) is 75.3. The molecule has 694 valence electrons. The highest BCUT2D eigenvalue weighted by Gasteiger charge is 2.39. The molecule has 0 bridgehead atoms. The molecule has 0 spiro atoms. The summed E-state index contributed by atoms with van der Waals surface area (Å²) in [7, 11) is 0. The number of hydrogen-bond acceptors (Lipinski definition) is 22. The van der Waals surface area contributed by atoms with Gasteiger partial charge in [-0.05, 0) is 261 Å².